The van der Waals surface area contributed by atoms with Crippen LogP contribution in [0.15, 0.2) is 30.3 Å². The Labute approximate surface area is 165 Å². The first kappa shape index (κ1) is 19.4. The highest BCUT2D eigenvalue weighted by atomic mass is 16.3. The van der Waals surface area contributed by atoms with E-state index in [4.69, 9.17) is 0 Å². The summed E-state index contributed by atoms with van der Waals surface area (Å²) in [5.74, 6) is 0. The minimum Gasteiger partial charge on any atom is -0.390 e. The largest absolute Gasteiger partial charge is 0.390 e. The Morgan fingerprint density at radius 2 is 1.48 bits per heavy atom. The van der Waals surface area contributed by atoms with Gasteiger partial charge in [-0.25, -0.2) is 0 Å². The monoisotopic (exact) mass is 371 g/mol. The SMILES string of the molecule is O[C@@H]1CN(C2CCN(Cc3ccccc3)CC2)CC[C@H]1N1CCCCCC1. The summed E-state index contributed by atoms with van der Waals surface area (Å²) in [6.07, 6.45) is 8.83. The van der Waals surface area contributed by atoms with Crippen molar-refractivity contribution in [2.75, 3.05) is 39.3 Å². The number of hydrogen-bond acceptors (Lipinski definition) is 4. The highest BCUT2D eigenvalue weighted by molar-refractivity contribution is 5.14. The van der Waals surface area contributed by atoms with Gasteiger partial charge in [0, 0.05) is 31.7 Å². The predicted molar refractivity (Wildman–Crippen MR) is 111 cm³/mol. The van der Waals surface area contributed by atoms with Crippen LogP contribution in [0.25, 0.3) is 0 Å². The lowest BCUT2D eigenvalue weighted by Gasteiger charge is -2.46. The van der Waals surface area contributed by atoms with Crippen LogP contribution in [0.5, 0.6) is 0 Å². The van der Waals surface area contributed by atoms with Crippen LogP contribution in [0.1, 0.15) is 50.5 Å². The van der Waals surface area contributed by atoms with Crippen molar-refractivity contribution in [3.8, 4) is 0 Å². The van der Waals surface area contributed by atoms with E-state index in [2.05, 4.69) is 45.0 Å². The van der Waals surface area contributed by atoms with Crippen molar-refractivity contribution in [1.82, 2.24) is 14.7 Å². The second-order valence-electron chi connectivity index (χ2n) is 8.86. The van der Waals surface area contributed by atoms with Crippen molar-refractivity contribution in [3.05, 3.63) is 35.9 Å². The van der Waals surface area contributed by atoms with Gasteiger partial charge in [-0.15, -0.1) is 0 Å². The smallest absolute Gasteiger partial charge is 0.0822 e. The van der Waals surface area contributed by atoms with E-state index in [9.17, 15) is 5.11 Å². The molecule has 1 aromatic carbocycles. The summed E-state index contributed by atoms with van der Waals surface area (Å²) in [6.45, 7) is 7.88. The summed E-state index contributed by atoms with van der Waals surface area (Å²) in [7, 11) is 0. The van der Waals surface area contributed by atoms with E-state index in [0.29, 0.717) is 12.1 Å². The molecular weight excluding hydrogens is 334 g/mol. The van der Waals surface area contributed by atoms with Crippen molar-refractivity contribution in [1.29, 1.82) is 0 Å². The molecule has 4 nitrogen and oxygen atoms in total. The van der Waals surface area contributed by atoms with Gasteiger partial charge >= 0.3 is 0 Å². The maximum absolute atomic E-state index is 10.9. The van der Waals surface area contributed by atoms with E-state index in [1.165, 1.54) is 76.8 Å². The van der Waals surface area contributed by atoms with Gasteiger partial charge in [-0.2, -0.15) is 0 Å². The molecule has 0 bridgehead atoms. The van der Waals surface area contributed by atoms with Crippen LogP contribution in [-0.2, 0) is 6.54 Å². The van der Waals surface area contributed by atoms with Crippen LogP contribution in [0, 0.1) is 0 Å². The Kier molecular flexibility index (Phi) is 6.82. The molecule has 2 atom stereocenters. The molecule has 0 aliphatic carbocycles. The molecule has 4 rings (SSSR count). The van der Waals surface area contributed by atoms with Crippen LogP contribution < -0.4 is 0 Å². The molecule has 1 aromatic rings. The number of aliphatic hydroxyl groups excluding tert-OH is 1. The lowest BCUT2D eigenvalue weighted by atomic mass is 9.95. The highest BCUT2D eigenvalue weighted by Crippen LogP contribution is 2.26. The molecule has 4 heteroatoms. The topological polar surface area (TPSA) is 30.0 Å². The van der Waals surface area contributed by atoms with Gasteiger partial charge in [0.2, 0.25) is 0 Å². The number of rotatable bonds is 4. The van der Waals surface area contributed by atoms with Crippen LogP contribution >= 0.6 is 0 Å². The van der Waals surface area contributed by atoms with Gasteiger partial charge in [-0.3, -0.25) is 14.7 Å². The lowest BCUT2D eigenvalue weighted by Crippen LogP contribution is -2.57. The molecule has 3 aliphatic rings. The Morgan fingerprint density at radius 3 is 2.15 bits per heavy atom. The third-order valence-corrected chi connectivity index (χ3v) is 7.01. The van der Waals surface area contributed by atoms with Gasteiger partial charge in [0.05, 0.1) is 6.10 Å². The molecule has 0 aromatic heterocycles. The molecule has 3 aliphatic heterocycles. The number of aliphatic hydroxyl groups is 1. The van der Waals surface area contributed by atoms with Crippen molar-refractivity contribution < 1.29 is 5.11 Å². The molecule has 27 heavy (non-hydrogen) atoms. The van der Waals surface area contributed by atoms with Crippen LogP contribution in [0.3, 0.4) is 0 Å². The Balaban J connectivity index is 1.24. The fourth-order valence-electron chi connectivity index (χ4n) is 5.41. The number of likely N-dealkylation sites (tertiary alicyclic amines) is 3. The number of piperidine rings is 2. The van der Waals surface area contributed by atoms with Gasteiger partial charge in [0.25, 0.3) is 0 Å². The third-order valence-electron chi connectivity index (χ3n) is 7.01. The summed E-state index contributed by atoms with van der Waals surface area (Å²) >= 11 is 0. The summed E-state index contributed by atoms with van der Waals surface area (Å²) < 4.78 is 0. The molecule has 3 saturated heterocycles. The second-order valence-corrected chi connectivity index (χ2v) is 8.86. The molecule has 0 unspecified atom stereocenters. The highest BCUT2D eigenvalue weighted by Gasteiger charge is 2.35. The van der Waals surface area contributed by atoms with Gasteiger partial charge < -0.3 is 5.11 Å². The van der Waals surface area contributed by atoms with E-state index in [1.54, 1.807) is 0 Å². The molecule has 0 radical (unpaired) electrons. The summed E-state index contributed by atoms with van der Waals surface area (Å²) in [5, 5.41) is 10.9. The van der Waals surface area contributed by atoms with Crippen molar-refractivity contribution >= 4 is 0 Å². The number of β-amino-alcohol motifs (C(OH)–C–C–N with tert-alkyl or cyclic N) is 1. The quantitative estimate of drug-likeness (QED) is 0.881. The normalized spacial score (nSPS) is 30.3. The third kappa shape index (κ3) is 5.11. The van der Waals surface area contributed by atoms with Gasteiger partial charge in [-0.1, -0.05) is 43.2 Å². The van der Waals surface area contributed by atoms with Crippen molar-refractivity contribution in [3.63, 3.8) is 0 Å². The Morgan fingerprint density at radius 1 is 0.778 bits per heavy atom. The maximum atomic E-state index is 10.9. The van der Waals surface area contributed by atoms with Crippen LogP contribution in [0.4, 0.5) is 0 Å². The molecule has 3 heterocycles. The zero-order valence-corrected chi connectivity index (χ0v) is 16.8. The zero-order chi connectivity index (χ0) is 18.5. The van der Waals surface area contributed by atoms with Crippen LogP contribution in [0.2, 0.25) is 0 Å². The first-order valence-corrected chi connectivity index (χ1v) is 11.2. The fourth-order valence-corrected chi connectivity index (χ4v) is 5.41. The zero-order valence-electron chi connectivity index (χ0n) is 16.8. The fraction of sp³-hybridized carbons (Fsp3) is 0.739. The average molecular weight is 372 g/mol. The van der Waals surface area contributed by atoms with Crippen molar-refractivity contribution in [2.24, 2.45) is 0 Å². The molecule has 150 valence electrons. The lowest BCUT2D eigenvalue weighted by molar-refractivity contribution is -0.0338. The molecule has 0 saturated carbocycles. The molecule has 0 spiro atoms. The van der Waals surface area contributed by atoms with Gasteiger partial charge in [-0.05, 0) is 63.8 Å². The summed E-state index contributed by atoms with van der Waals surface area (Å²) in [4.78, 5) is 7.78. The molecule has 1 N–H and O–H groups in total. The summed E-state index contributed by atoms with van der Waals surface area (Å²) in [5.41, 5.74) is 1.42. The van der Waals surface area contributed by atoms with E-state index in [1.807, 2.05) is 0 Å². The van der Waals surface area contributed by atoms with Crippen LogP contribution in [-0.4, -0.2) is 77.3 Å². The number of hydrogen-bond donors (Lipinski definition) is 1. The first-order chi connectivity index (χ1) is 13.3. The van der Waals surface area contributed by atoms with E-state index < -0.39 is 0 Å². The minimum atomic E-state index is -0.167. The minimum absolute atomic E-state index is 0.167. The van der Waals surface area contributed by atoms with Gasteiger partial charge in [0.1, 0.15) is 0 Å². The number of nitrogens with zero attached hydrogens (tertiary/aromatic N) is 3. The Bertz CT molecular complexity index is 550. The standard InChI is InChI=1S/C23H37N3O/c27-23-19-26(17-12-22(23)25-13-6-1-2-7-14-25)21-10-15-24(16-11-21)18-20-8-4-3-5-9-20/h3-5,8-9,21-23,27H,1-2,6-7,10-19H2/t22-,23-/m1/s1. The Hall–Kier alpha value is -0.940. The second kappa shape index (κ2) is 9.51. The van der Waals surface area contributed by atoms with Gasteiger partial charge in [0.15, 0.2) is 0 Å². The van der Waals surface area contributed by atoms with E-state index in [0.717, 1.165) is 19.5 Å². The van der Waals surface area contributed by atoms with E-state index in [-0.39, 0.29) is 6.10 Å². The maximum Gasteiger partial charge on any atom is 0.0822 e. The molecular formula is C23H37N3O. The predicted octanol–water partition coefficient (Wildman–Crippen LogP) is 2.96. The molecule has 0 amide bonds. The van der Waals surface area contributed by atoms with Crippen molar-refractivity contribution in [2.45, 2.75) is 69.7 Å². The average Bonchev–Trinajstić information content (AvgIpc) is 2.99. The summed E-state index contributed by atoms with van der Waals surface area (Å²) in [6, 6.07) is 11.9. The van der Waals surface area contributed by atoms with E-state index >= 15 is 0 Å². The number of benzene rings is 1. The first-order valence-electron chi connectivity index (χ1n) is 11.2. The molecule has 3 fully saturated rings.